The first-order chi connectivity index (χ1) is 12.5. The molecule has 1 aliphatic heterocycles. The molecule has 6 nitrogen and oxygen atoms in total. The number of likely N-dealkylation sites (tertiary alicyclic amines) is 1. The second-order valence-electron chi connectivity index (χ2n) is 6.81. The number of hydrogen-bond acceptors (Lipinski definition) is 5. The molecule has 0 unspecified atom stereocenters. The summed E-state index contributed by atoms with van der Waals surface area (Å²) in [7, 11) is 1.57. The number of rotatable bonds is 6. The van der Waals surface area contributed by atoms with E-state index in [-0.39, 0.29) is 6.54 Å². The van der Waals surface area contributed by atoms with E-state index in [0.717, 1.165) is 11.1 Å². The number of pyridine rings is 1. The van der Waals surface area contributed by atoms with Crippen molar-refractivity contribution in [3.8, 4) is 5.88 Å². The van der Waals surface area contributed by atoms with E-state index >= 15 is 0 Å². The van der Waals surface area contributed by atoms with Crippen molar-refractivity contribution in [2.45, 2.75) is 25.5 Å². The van der Waals surface area contributed by atoms with E-state index in [1.54, 1.807) is 13.3 Å². The minimum Gasteiger partial charge on any atom is -0.481 e. The minimum absolute atomic E-state index is 0.274. The molecule has 138 valence electrons. The van der Waals surface area contributed by atoms with E-state index in [1.165, 1.54) is 0 Å². The zero-order valence-electron chi connectivity index (χ0n) is 14.8. The van der Waals surface area contributed by atoms with Crippen LogP contribution in [-0.2, 0) is 17.8 Å². The van der Waals surface area contributed by atoms with Gasteiger partial charge in [0.1, 0.15) is 5.41 Å². The molecule has 0 amide bonds. The van der Waals surface area contributed by atoms with E-state index in [9.17, 15) is 15.0 Å². The average molecular weight is 356 g/mol. The lowest BCUT2D eigenvalue weighted by atomic mass is 9.72. The lowest BCUT2D eigenvalue weighted by Crippen LogP contribution is -2.56. The summed E-state index contributed by atoms with van der Waals surface area (Å²) in [5.74, 6) is -0.417. The van der Waals surface area contributed by atoms with Crippen LogP contribution in [0.4, 0.5) is 0 Å². The summed E-state index contributed by atoms with van der Waals surface area (Å²) in [6.07, 6.45) is 1.50. The van der Waals surface area contributed by atoms with Gasteiger partial charge < -0.3 is 14.9 Å². The van der Waals surface area contributed by atoms with Crippen molar-refractivity contribution in [3.05, 3.63) is 59.8 Å². The number of hydrogen-bond donors (Lipinski definition) is 2. The first-order valence-electron chi connectivity index (χ1n) is 8.71. The molecule has 0 aliphatic carbocycles. The van der Waals surface area contributed by atoms with E-state index in [0.29, 0.717) is 31.8 Å². The molecule has 6 heteroatoms. The number of nitrogens with zero attached hydrogens (tertiary/aromatic N) is 2. The third-order valence-corrected chi connectivity index (χ3v) is 5.09. The number of methoxy groups -OCH3 is 1. The molecule has 0 spiro atoms. The van der Waals surface area contributed by atoms with Crippen molar-refractivity contribution in [2.75, 3.05) is 20.2 Å². The number of aliphatic hydroxyl groups excluding tert-OH is 1. The average Bonchev–Trinajstić information content (AvgIpc) is 2.65. The topological polar surface area (TPSA) is 82.9 Å². The molecule has 26 heavy (non-hydrogen) atoms. The zero-order valence-corrected chi connectivity index (χ0v) is 14.8. The molecule has 1 saturated heterocycles. The zero-order chi connectivity index (χ0) is 18.6. The Balaban J connectivity index is 1.84. The molecule has 2 heterocycles. The van der Waals surface area contributed by atoms with Crippen molar-refractivity contribution in [2.24, 2.45) is 5.41 Å². The largest absolute Gasteiger partial charge is 0.481 e. The lowest BCUT2D eigenvalue weighted by Gasteiger charge is -2.43. The van der Waals surface area contributed by atoms with Gasteiger partial charge in [-0.15, -0.1) is 0 Å². The molecule has 0 bridgehead atoms. The van der Waals surface area contributed by atoms with Gasteiger partial charge in [-0.2, -0.15) is 0 Å². The highest BCUT2D eigenvalue weighted by Gasteiger charge is 2.49. The summed E-state index contributed by atoms with van der Waals surface area (Å²) in [4.78, 5) is 18.4. The van der Waals surface area contributed by atoms with Crippen LogP contribution in [0, 0.1) is 5.41 Å². The Hall–Kier alpha value is -2.44. The van der Waals surface area contributed by atoms with Crippen LogP contribution >= 0.6 is 0 Å². The number of aliphatic carboxylic acids is 1. The molecular formula is C20H24N2O4. The van der Waals surface area contributed by atoms with Gasteiger partial charge in [-0.25, -0.2) is 4.98 Å². The molecular weight excluding hydrogens is 332 g/mol. The molecule has 2 aromatic rings. The number of carboxylic acid groups (broad SMARTS) is 1. The molecule has 2 N–H and O–H groups in total. The van der Waals surface area contributed by atoms with Crippen molar-refractivity contribution in [3.63, 3.8) is 0 Å². The number of carbonyl (C=O) groups is 1. The number of benzene rings is 1. The minimum atomic E-state index is -1.23. The maximum Gasteiger partial charge on any atom is 0.313 e. The highest BCUT2D eigenvalue weighted by molar-refractivity contribution is 5.76. The molecule has 2 atom stereocenters. The molecule has 1 aliphatic rings. The standard InChI is InChI=1S/C20H24N2O4/c1-26-18-16(8-5-10-21-18)13-22-11-9-17(23)20(14-22,19(24)25)12-15-6-3-2-4-7-15/h2-8,10,17,23H,9,11-14H2,1H3,(H,24,25)/t17-,20+/m0/s1. The van der Waals surface area contributed by atoms with Crippen LogP contribution in [0.3, 0.4) is 0 Å². The van der Waals surface area contributed by atoms with Gasteiger partial charge in [0.2, 0.25) is 5.88 Å². The molecule has 0 radical (unpaired) electrons. The van der Waals surface area contributed by atoms with Crippen LogP contribution in [0.2, 0.25) is 0 Å². The summed E-state index contributed by atoms with van der Waals surface area (Å²) in [5, 5.41) is 20.6. The van der Waals surface area contributed by atoms with E-state index in [2.05, 4.69) is 9.88 Å². The molecule has 1 fully saturated rings. The van der Waals surface area contributed by atoms with Gasteiger partial charge in [0.25, 0.3) is 0 Å². The first-order valence-corrected chi connectivity index (χ1v) is 8.71. The number of piperidine rings is 1. The summed E-state index contributed by atoms with van der Waals surface area (Å²) in [5.41, 5.74) is 0.592. The second-order valence-corrected chi connectivity index (χ2v) is 6.81. The van der Waals surface area contributed by atoms with Gasteiger partial charge in [-0.1, -0.05) is 36.4 Å². The third-order valence-electron chi connectivity index (χ3n) is 5.09. The smallest absolute Gasteiger partial charge is 0.313 e. The molecule has 1 aromatic heterocycles. The van der Waals surface area contributed by atoms with Crippen molar-refractivity contribution in [1.82, 2.24) is 9.88 Å². The van der Waals surface area contributed by atoms with E-state index in [4.69, 9.17) is 4.74 Å². The molecule has 1 aromatic carbocycles. The van der Waals surface area contributed by atoms with Crippen molar-refractivity contribution < 1.29 is 19.7 Å². The Morgan fingerprint density at radius 1 is 1.31 bits per heavy atom. The predicted octanol–water partition coefficient (Wildman–Crippen LogP) is 1.97. The fraction of sp³-hybridized carbons (Fsp3) is 0.400. The van der Waals surface area contributed by atoms with Crippen LogP contribution in [0.25, 0.3) is 0 Å². The highest BCUT2D eigenvalue weighted by atomic mass is 16.5. The monoisotopic (exact) mass is 356 g/mol. The maximum absolute atomic E-state index is 12.2. The summed E-state index contributed by atoms with van der Waals surface area (Å²) >= 11 is 0. The fourth-order valence-corrected chi connectivity index (χ4v) is 3.69. The number of aliphatic hydroxyl groups is 1. The van der Waals surface area contributed by atoms with E-state index < -0.39 is 17.5 Å². The third kappa shape index (κ3) is 3.71. The molecule has 3 rings (SSSR count). The van der Waals surface area contributed by atoms with Gasteiger partial charge in [-0.05, 0) is 24.5 Å². The van der Waals surface area contributed by atoms with Gasteiger partial charge in [-0.3, -0.25) is 9.69 Å². The van der Waals surface area contributed by atoms with Crippen LogP contribution in [0.15, 0.2) is 48.7 Å². The second kappa shape index (κ2) is 7.85. The Kier molecular flexibility index (Phi) is 5.54. The van der Waals surface area contributed by atoms with Gasteiger partial charge in [0, 0.05) is 31.4 Å². The predicted molar refractivity (Wildman–Crippen MR) is 96.9 cm³/mol. The normalized spacial score (nSPS) is 23.5. The van der Waals surface area contributed by atoms with E-state index in [1.807, 2.05) is 42.5 Å². The number of aromatic nitrogens is 1. The summed E-state index contributed by atoms with van der Waals surface area (Å²) in [6.45, 7) is 1.44. The Bertz CT molecular complexity index is 752. The van der Waals surface area contributed by atoms with Crippen LogP contribution in [-0.4, -0.2) is 52.4 Å². The Labute approximate surface area is 153 Å². The van der Waals surface area contributed by atoms with Crippen LogP contribution < -0.4 is 4.74 Å². The van der Waals surface area contributed by atoms with Crippen LogP contribution in [0.1, 0.15) is 17.5 Å². The molecule has 0 saturated carbocycles. The fourth-order valence-electron chi connectivity index (χ4n) is 3.69. The maximum atomic E-state index is 12.2. The van der Waals surface area contributed by atoms with Gasteiger partial charge in [0.15, 0.2) is 0 Å². The first kappa shape index (κ1) is 18.4. The van der Waals surface area contributed by atoms with Crippen LogP contribution in [0.5, 0.6) is 5.88 Å². The van der Waals surface area contributed by atoms with Gasteiger partial charge >= 0.3 is 5.97 Å². The summed E-state index contributed by atoms with van der Waals surface area (Å²) in [6, 6.07) is 13.2. The number of ether oxygens (including phenoxy) is 1. The SMILES string of the molecule is COc1ncccc1CN1CC[C@H](O)[C@](Cc2ccccc2)(C(=O)O)C1. The highest BCUT2D eigenvalue weighted by Crippen LogP contribution is 2.35. The lowest BCUT2D eigenvalue weighted by molar-refractivity contribution is -0.163. The summed E-state index contributed by atoms with van der Waals surface area (Å²) < 4.78 is 5.30. The Morgan fingerprint density at radius 3 is 2.77 bits per heavy atom. The number of carboxylic acids is 1. The van der Waals surface area contributed by atoms with Crippen molar-refractivity contribution in [1.29, 1.82) is 0 Å². The van der Waals surface area contributed by atoms with Gasteiger partial charge in [0.05, 0.1) is 13.2 Å². The Morgan fingerprint density at radius 2 is 2.08 bits per heavy atom. The quantitative estimate of drug-likeness (QED) is 0.823. The van der Waals surface area contributed by atoms with Crippen molar-refractivity contribution >= 4 is 5.97 Å².